The molecule has 2 aromatic rings. The van der Waals surface area contributed by atoms with Gasteiger partial charge in [0, 0.05) is 18.9 Å². The van der Waals surface area contributed by atoms with Crippen LogP contribution in [-0.4, -0.2) is 138 Å². The summed E-state index contributed by atoms with van der Waals surface area (Å²) in [7, 11) is 0. The van der Waals surface area contributed by atoms with E-state index in [1.54, 1.807) is 0 Å². The Morgan fingerprint density at radius 3 is 1.34 bits per heavy atom. The number of carbonyl (C=O) groups is 2. The van der Waals surface area contributed by atoms with Crippen LogP contribution in [0.25, 0.3) is 11.1 Å². The number of nitrogens with one attached hydrogen (secondary N) is 1. The van der Waals surface area contributed by atoms with Crippen LogP contribution in [0.1, 0.15) is 75.3 Å². The van der Waals surface area contributed by atoms with E-state index in [0.29, 0.717) is 119 Å². The summed E-state index contributed by atoms with van der Waals surface area (Å²) < 4.78 is 54.7. The molecular weight excluding hydrogens is 722 g/mol. The summed E-state index contributed by atoms with van der Waals surface area (Å²) in [6.45, 7) is 10.4. The standard InChI is InChI=1S/C43H67NO12/c1-2-3-4-5-6-7-8-17-42(45)55-35-34-54-33-32-53-31-30-52-29-28-51-27-26-50-25-24-49-23-22-48-21-20-47-19-18-44-43(46)56-36-41-39-15-11-9-13-37(39)38-14-10-12-16-40(38)41/h9-16,41H,2-8,17-36H2,1H3,(H,44,46). The Morgan fingerprint density at radius 2 is 0.875 bits per heavy atom. The first kappa shape index (κ1) is 47.2. The van der Waals surface area contributed by atoms with E-state index in [4.69, 9.17) is 47.4 Å². The first-order valence-corrected chi connectivity index (χ1v) is 20.6. The molecule has 0 aliphatic heterocycles. The van der Waals surface area contributed by atoms with Crippen LogP contribution in [0.15, 0.2) is 48.5 Å². The van der Waals surface area contributed by atoms with Crippen molar-refractivity contribution in [3.8, 4) is 11.1 Å². The summed E-state index contributed by atoms with van der Waals surface area (Å²) in [5.41, 5.74) is 4.77. The van der Waals surface area contributed by atoms with Crippen LogP contribution in [-0.2, 0) is 52.2 Å². The van der Waals surface area contributed by atoms with Gasteiger partial charge in [0.05, 0.1) is 106 Å². The summed E-state index contributed by atoms with van der Waals surface area (Å²) >= 11 is 0. The fourth-order valence-corrected chi connectivity index (χ4v) is 6.03. The molecule has 1 aliphatic carbocycles. The van der Waals surface area contributed by atoms with Gasteiger partial charge in [0.1, 0.15) is 13.2 Å². The lowest BCUT2D eigenvalue weighted by molar-refractivity contribution is -0.145. The molecular formula is C43H67NO12. The van der Waals surface area contributed by atoms with E-state index in [1.807, 2.05) is 24.3 Å². The van der Waals surface area contributed by atoms with Crippen LogP contribution in [0.4, 0.5) is 4.79 Å². The highest BCUT2D eigenvalue weighted by atomic mass is 16.6. The van der Waals surface area contributed by atoms with Crippen molar-refractivity contribution in [3.05, 3.63) is 59.7 Å². The Hall–Kier alpha value is -3.14. The molecule has 0 heterocycles. The SMILES string of the molecule is CCCCCCCCCC(=O)OCCOCCOCCOCCOCCOCCOCCOCCOCCNC(=O)OCC1c2ccccc2-c2ccccc21. The van der Waals surface area contributed by atoms with E-state index in [2.05, 4.69) is 36.5 Å². The quantitative estimate of drug-likeness (QED) is 0.0604. The van der Waals surface area contributed by atoms with Crippen molar-refractivity contribution < 1.29 is 57.0 Å². The Morgan fingerprint density at radius 1 is 0.482 bits per heavy atom. The summed E-state index contributed by atoms with van der Waals surface area (Å²) in [4.78, 5) is 24.0. The largest absolute Gasteiger partial charge is 0.463 e. The van der Waals surface area contributed by atoms with E-state index in [9.17, 15) is 9.59 Å². The lowest BCUT2D eigenvalue weighted by Crippen LogP contribution is -2.29. The van der Waals surface area contributed by atoms with Gasteiger partial charge < -0.3 is 52.7 Å². The zero-order chi connectivity index (χ0) is 39.6. The van der Waals surface area contributed by atoms with Crippen molar-refractivity contribution in [2.75, 3.05) is 125 Å². The predicted molar refractivity (Wildman–Crippen MR) is 213 cm³/mol. The van der Waals surface area contributed by atoms with E-state index in [0.717, 1.165) is 12.8 Å². The lowest BCUT2D eigenvalue weighted by Gasteiger charge is -2.14. The van der Waals surface area contributed by atoms with Crippen molar-refractivity contribution in [1.29, 1.82) is 0 Å². The maximum Gasteiger partial charge on any atom is 0.407 e. The number of hydrogen-bond acceptors (Lipinski definition) is 12. The molecule has 13 nitrogen and oxygen atoms in total. The number of alkyl carbamates (subject to hydrolysis) is 1. The van der Waals surface area contributed by atoms with E-state index < -0.39 is 6.09 Å². The van der Waals surface area contributed by atoms with Crippen molar-refractivity contribution in [2.45, 2.75) is 64.2 Å². The molecule has 0 bridgehead atoms. The third kappa shape index (κ3) is 22.0. The Bertz CT molecular complexity index is 1240. The number of amides is 1. The summed E-state index contributed by atoms with van der Waals surface area (Å²) in [6, 6.07) is 16.5. The second-order valence-corrected chi connectivity index (χ2v) is 13.2. The number of fused-ring (bicyclic) bond motifs is 3. The number of benzene rings is 2. The third-order valence-electron chi connectivity index (χ3n) is 8.94. The van der Waals surface area contributed by atoms with Gasteiger partial charge in [-0.05, 0) is 28.7 Å². The first-order valence-electron chi connectivity index (χ1n) is 20.6. The highest BCUT2D eigenvalue weighted by molar-refractivity contribution is 5.79. The number of unbranched alkanes of at least 4 members (excludes halogenated alkanes) is 6. The average Bonchev–Trinajstić information content (AvgIpc) is 3.54. The van der Waals surface area contributed by atoms with Gasteiger partial charge in [0.2, 0.25) is 0 Å². The predicted octanol–water partition coefficient (Wildman–Crippen LogP) is 6.34. The number of esters is 1. The van der Waals surface area contributed by atoms with Crippen LogP contribution in [0.5, 0.6) is 0 Å². The number of carbonyl (C=O) groups excluding carboxylic acids is 2. The molecule has 56 heavy (non-hydrogen) atoms. The van der Waals surface area contributed by atoms with Crippen molar-refractivity contribution >= 4 is 12.1 Å². The normalized spacial score (nSPS) is 12.1. The topological polar surface area (TPSA) is 138 Å². The molecule has 0 saturated heterocycles. The van der Waals surface area contributed by atoms with Gasteiger partial charge in [-0.1, -0.05) is 94.0 Å². The maximum atomic E-state index is 12.2. The van der Waals surface area contributed by atoms with Gasteiger partial charge in [-0.3, -0.25) is 4.79 Å². The Labute approximate surface area is 334 Å². The van der Waals surface area contributed by atoms with Gasteiger partial charge in [-0.15, -0.1) is 0 Å². The molecule has 0 fully saturated rings. The smallest absolute Gasteiger partial charge is 0.407 e. The van der Waals surface area contributed by atoms with E-state index in [1.165, 1.54) is 54.4 Å². The molecule has 1 N–H and O–H groups in total. The first-order chi connectivity index (χ1) is 27.7. The van der Waals surface area contributed by atoms with Crippen molar-refractivity contribution in [1.82, 2.24) is 5.32 Å². The van der Waals surface area contributed by atoms with Gasteiger partial charge >= 0.3 is 12.1 Å². The highest BCUT2D eigenvalue weighted by Gasteiger charge is 2.29. The molecule has 0 atom stereocenters. The number of ether oxygens (including phenoxy) is 10. The molecule has 13 heteroatoms. The fraction of sp³-hybridized carbons (Fsp3) is 0.674. The molecule has 2 aromatic carbocycles. The van der Waals surface area contributed by atoms with Crippen molar-refractivity contribution in [2.24, 2.45) is 0 Å². The molecule has 1 amide bonds. The third-order valence-corrected chi connectivity index (χ3v) is 8.94. The van der Waals surface area contributed by atoms with Crippen molar-refractivity contribution in [3.63, 3.8) is 0 Å². The number of rotatable bonds is 37. The molecule has 3 rings (SSSR count). The summed E-state index contributed by atoms with van der Waals surface area (Å²) in [5.74, 6) is -0.110. The summed E-state index contributed by atoms with van der Waals surface area (Å²) in [6.07, 6.45) is 8.31. The average molecular weight is 790 g/mol. The minimum atomic E-state index is -0.454. The molecule has 0 unspecified atom stereocenters. The lowest BCUT2D eigenvalue weighted by atomic mass is 9.98. The van der Waals surface area contributed by atoms with Crippen LogP contribution in [0.2, 0.25) is 0 Å². The molecule has 316 valence electrons. The molecule has 0 saturated carbocycles. The van der Waals surface area contributed by atoms with Gasteiger partial charge in [-0.25, -0.2) is 4.79 Å². The Balaban J connectivity index is 0.950. The molecule has 0 spiro atoms. The van der Waals surface area contributed by atoms with Crippen LogP contribution >= 0.6 is 0 Å². The minimum absolute atomic E-state index is 0.0353. The van der Waals surface area contributed by atoms with Crippen LogP contribution in [0, 0.1) is 0 Å². The monoisotopic (exact) mass is 789 g/mol. The molecule has 0 radical (unpaired) electrons. The molecule has 1 aliphatic rings. The number of hydrogen-bond donors (Lipinski definition) is 1. The Kier molecular flexibility index (Phi) is 27.7. The molecule has 0 aromatic heterocycles. The zero-order valence-corrected chi connectivity index (χ0v) is 33.7. The van der Waals surface area contributed by atoms with Gasteiger partial charge in [0.15, 0.2) is 0 Å². The second kappa shape index (κ2) is 32.9. The van der Waals surface area contributed by atoms with E-state index in [-0.39, 0.29) is 25.1 Å². The van der Waals surface area contributed by atoms with Crippen LogP contribution < -0.4 is 5.32 Å². The van der Waals surface area contributed by atoms with Crippen LogP contribution in [0.3, 0.4) is 0 Å². The second-order valence-electron chi connectivity index (χ2n) is 13.2. The zero-order valence-electron chi connectivity index (χ0n) is 33.7. The highest BCUT2D eigenvalue weighted by Crippen LogP contribution is 2.44. The summed E-state index contributed by atoms with van der Waals surface area (Å²) in [5, 5.41) is 2.74. The fourth-order valence-electron chi connectivity index (χ4n) is 6.03. The van der Waals surface area contributed by atoms with Gasteiger partial charge in [-0.2, -0.15) is 0 Å². The van der Waals surface area contributed by atoms with E-state index >= 15 is 0 Å². The maximum absolute atomic E-state index is 12.2. The minimum Gasteiger partial charge on any atom is -0.463 e. The van der Waals surface area contributed by atoms with Gasteiger partial charge in [0.25, 0.3) is 0 Å².